The second-order valence-corrected chi connectivity index (χ2v) is 6.49. The zero-order valence-electron chi connectivity index (χ0n) is 13.5. The van der Waals surface area contributed by atoms with Gasteiger partial charge in [0.25, 0.3) is 0 Å². The minimum atomic E-state index is -0.0812. The SMILES string of the molecule is CCCc1nnc(NCC(=O)Nc2c(C)cc(C)cc2C)s1. The predicted octanol–water partition coefficient (Wildman–Crippen LogP) is 3.47. The van der Waals surface area contributed by atoms with Crippen molar-refractivity contribution >= 4 is 28.1 Å². The molecule has 5 nitrogen and oxygen atoms in total. The molecule has 0 saturated carbocycles. The molecule has 0 aliphatic carbocycles. The van der Waals surface area contributed by atoms with Gasteiger partial charge in [-0.05, 0) is 38.3 Å². The first kappa shape index (κ1) is 16.4. The quantitative estimate of drug-likeness (QED) is 0.856. The molecule has 1 amide bonds. The molecule has 0 fully saturated rings. The lowest BCUT2D eigenvalue weighted by Crippen LogP contribution is -2.22. The van der Waals surface area contributed by atoms with Crippen molar-refractivity contribution in [2.45, 2.75) is 40.5 Å². The van der Waals surface area contributed by atoms with E-state index in [2.05, 4.69) is 46.8 Å². The molecule has 6 heteroatoms. The van der Waals surface area contributed by atoms with E-state index in [9.17, 15) is 4.79 Å². The van der Waals surface area contributed by atoms with Crippen LogP contribution in [0.3, 0.4) is 0 Å². The molecule has 1 aromatic heterocycles. The van der Waals surface area contributed by atoms with Crippen LogP contribution in [0.4, 0.5) is 10.8 Å². The van der Waals surface area contributed by atoms with Crippen LogP contribution in [0.5, 0.6) is 0 Å². The highest BCUT2D eigenvalue weighted by molar-refractivity contribution is 7.15. The summed E-state index contributed by atoms with van der Waals surface area (Å²) in [5.74, 6) is -0.0812. The smallest absolute Gasteiger partial charge is 0.243 e. The summed E-state index contributed by atoms with van der Waals surface area (Å²) in [6.45, 7) is 8.35. The molecule has 1 heterocycles. The number of benzene rings is 1. The summed E-state index contributed by atoms with van der Waals surface area (Å²) >= 11 is 1.50. The molecule has 2 rings (SSSR count). The minimum absolute atomic E-state index is 0.0812. The van der Waals surface area contributed by atoms with E-state index in [0.29, 0.717) is 5.13 Å². The third-order valence-electron chi connectivity index (χ3n) is 3.27. The Hall–Kier alpha value is -1.95. The Bertz CT molecular complexity index is 643. The number of nitrogens with one attached hydrogen (secondary N) is 2. The van der Waals surface area contributed by atoms with E-state index < -0.39 is 0 Å². The molecule has 118 valence electrons. The Morgan fingerprint density at radius 3 is 2.50 bits per heavy atom. The van der Waals surface area contributed by atoms with Gasteiger partial charge in [0.15, 0.2) is 0 Å². The van der Waals surface area contributed by atoms with Crippen molar-refractivity contribution in [2.75, 3.05) is 17.2 Å². The Morgan fingerprint density at radius 1 is 1.18 bits per heavy atom. The lowest BCUT2D eigenvalue weighted by Gasteiger charge is -2.12. The summed E-state index contributed by atoms with van der Waals surface area (Å²) in [5.41, 5.74) is 4.24. The summed E-state index contributed by atoms with van der Waals surface area (Å²) in [7, 11) is 0. The number of aryl methyl sites for hydroxylation is 4. The molecule has 0 bridgehead atoms. The van der Waals surface area contributed by atoms with Gasteiger partial charge in [-0.15, -0.1) is 10.2 Å². The van der Waals surface area contributed by atoms with Crippen molar-refractivity contribution in [2.24, 2.45) is 0 Å². The predicted molar refractivity (Wildman–Crippen MR) is 91.7 cm³/mol. The topological polar surface area (TPSA) is 66.9 Å². The van der Waals surface area contributed by atoms with Crippen LogP contribution >= 0.6 is 11.3 Å². The van der Waals surface area contributed by atoms with E-state index in [-0.39, 0.29) is 12.5 Å². The summed E-state index contributed by atoms with van der Waals surface area (Å²) in [6, 6.07) is 4.13. The van der Waals surface area contributed by atoms with Gasteiger partial charge in [0, 0.05) is 12.1 Å². The van der Waals surface area contributed by atoms with Gasteiger partial charge in [0.2, 0.25) is 11.0 Å². The van der Waals surface area contributed by atoms with E-state index in [1.54, 1.807) is 0 Å². The number of nitrogens with zero attached hydrogens (tertiary/aromatic N) is 2. The maximum atomic E-state index is 12.1. The van der Waals surface area contributed by atoms with Crippen molar-refractivity contribution in [3.05, 3.63) is 33.8 Å². The highest BCUT2D eigenvalue weighted by atomic mass is 32.1. The molecule has 22 heavy (non-hydrogen) atoms. The highest BCUT2D eigenvalue weighted by Crippen LogP contribution is 2.22. The maximum absolute atomic E-state index is 12.1. The van der Waals surface area contributed by atoms with Crippen LogP contribution in [0, 0.1) is 20.8 Å². The Morgan fingerprint density at radius 2 is 1.86 bits per heavy atom. The van der Waals surface area contributed by atoms with Crippen LogP contribution in [-0.2, 0) is 11.2 Å². The third kappa shape index (κ3) is 4.27. The van der Waals surface area contributed by atoms with Crippen LogP contribution in [0.15, 0.2) is 12.1 Å². The van der Waals surface area contributed by atoms with Gasteiger partial charge in [-0.2, -0.15) is 0 Å². The van der Waals surface area contributed by atoms with Crippen molar-refractivity contribution in [1.29, 1.82) is 0 Å². The molecule has 0 saturated heterocycles. The van der Waals surface area contributed by atoms with Crippen molar-refractivity contribution in [3.63, 3.8) is 0 Å². The number of carbonyl (C=O) groups excluding carboxylic acids is 1. The molecule has 0 aliphatic heterocycles. The van der Waals surface area contributed by atoms with Gasteiger partial charge < -0.3 is 10.6 Å². The first-order chi connectivity index (χ1) is 10.5. The molecular weight excluding hydrogens is 296 g/mol. The zero-order valence-corrected chi connectivity index (χ0v) is 14.3. The number of rotatable bonds is 6. The second kappa shape index (κ2) is 7.35. The summed E-state index contributed by atoms with van der Waals surface area (Å²) < 4.78 is 0. The fourth-order valence-corrected chi connectivity index (χ4v) is 3.19. The van der Waals surface area contributed by atoms with Crippen molar-refractivity contribution in [1.82, 2.24) is 10.2 Å². The van der Waals surface area contributed by atoms with Crippen LogP contribution in [0.2, 0.25) is 0 Å². The molecular formula is C16H22N4OS. The average Bonchev–Trinajstić information content (AvgIpc) is 2.89. The Labute approximate surface area is 135 Å². The molecule has 0 aliphatic rings. The first-order valence-electron chi connectivity index (χ1n) is 7.43. The van der Waals surface area contributed by atoms with Gasteiger partial charge in [-0.1, -0.05) is 36.0 Å². The van der Waals surface area contributed by atoms with Crippen LogP contribution in [-0.4, -0.2) is 22.6 Å². The van der Waals surface area contributed by atoms with E-state index in [1.807, 2.05) is 13.8 Å². The van der Waals surface area contributed by atoms with Gasteiger partial charge >= 0.3 is 0 Å². The number of amides is 1. The number of carbonyl (C=O) groups is 1. The lowest BCUT2D eigenvalue weighted by atomic mass is 10.1. The maximum Gasteiger partial charge on any atom is 0.243 e. The molecule has 0 spiro atoms. The van der Waals surface area contributed by atoms with E-state index in [0.717, 1.165) is 34.7 Å². The van der Waals surface area contributed by atoms with Gasteiger partial charge in [0.1, 0.15) is 5.01 Å². The fourth-order valence-electron chi connectivity index (χ4n) is 2.36. The zero-order chi connectivity index (χ0) is 16.1. The minimum Gasteiger partial charge on any atom is -0.351 e. The standard InChI is InChI=1S/C16H22N4OS/c1-5-6-14-19-20-16(22-14)17-9-13(21)18-15-11(3)7-10(2)8-12(15)4/h7-8H,5-6,9H2,1-4H3,(H,17,20)(H,18,21). The Balaban J connectivity index is 1.93. The highest BCUT2D eigenvalue weighted by Gasteiger charge is 2.09. The fraction of sp³-hybridized carbons (Fsp3) is 0.438. The van der Waals surface area contributed by atoms with Gasteiger partial charge in [-0.3, -0.25) is 4.79 Å². The monoisotopic (exact) mass is 318 g/mol. The molecule has 2 N–H and O–H groups in total. The van der Waals surface area contributed by atoms with Crippen LogP contribution < -0.4 is 10.6 Å². The van der Waals surface area contributed by atoms with Crippen molar-refractivity contribution in [3.8, 4) is 0 Å². The normalized spacial score (nSPS) is 10.5. The Kier molecular flexibility index (Phi) is 5.49. The third-order valence-corrected chi connectivity index (χ3v) is 4.21. The first-order valence-corrected chi connectivity index (χ1v) is 8.25. The summed E-state index contributed by atoms with van der Waals surface area (Å²) in [5, 5.41) is 15.8. The van der Waals surface area contributed by atoms with Crippen molar-refractivity contribution < 1.29 is 4.79 Å². The molecule has 2 aromatic rings. The number of anilines is 2. The number of hydrogen-bond acceptors (Lipinski definition) is 5. The van der Waals surface area contributed by atoms with E-state index in [1.165, 1.54) is 16.9 Å². The van der Waals surface area contributed by atoms with Gasteiger partial charge in [0.05, 0.1) is 6.54 Å². The summed E-state index contributed by atoms with van der Waals surface area (Å²) in [4.78, 5) is 12.1. The molecule has 0 radical (unpaired) electrons. The van der Waals surface area contributed by atoms with Crippen LogP contribution in [0.1, 0.15) is 35.0 Å². The van der Waals surface area contributed by atoms with Gasteiger partial charge in [-0.25, -0.2) is 0 Å². The molecule has 1 aromatic carbocycles. The second-order valence-electron chi connectivity index (χ2n) is 5.43. The number of aromatic nitrogens is 2. The lowest BCUT2D eigenvalue weighted by molar-refractivity contribution is -0.114. The average molecular weight is 318 g/mol. The van der Waals surface area contributed by atoms with E-state index in [4.69, 9.17) is 0 Å². The van der Waals surface area contributed by atoms with E-state index >= 15 is 0 Å². The van der Waals surface area contributed by atoms with Crippen LogP contribution in [0.25, 0.3) is 0 Å². The summed E-state index contributed by atoms with van der Waals surface area (Å²) in [6.07, 6.45) is 1.97. The largest absolute Gasteiger partial charge is 0.351 e. The molecule has 0 unspecified atom stereocenters. The molecule has 0 atom stereocenters. The number of hydrogen-bond donors (Lipinski definition) is 2.